The van der Waals surface area contributed by atoms with Gasteiger partial charge in [0.1, 0.15) is 11.0 Å². The van der Waals surface area contributed by atoms with E-state index in [1.54, 1.807) is 10.7 Å². The van der Waals surface area contributed by atoms with Crippen LogP contribution in [0.1, 0.15) is 20.8 Å². The molecule has 0 saturated carbocycles. The lowest BCUT2D eigenvalue weighted by atomic mass is 10.1. The van der Waals surface area contributed by atoms with Crippen LogP contribution in [0.25, 0.3) is 11.3 Å². The van der Waals surface area contributed by atoms with Crippen LogP contribution in [-0.4, -0.2) is 9.78 Å². The van der Waals surface area contributed by atoms with E-state index in [1.165, 1.54) is 18.2 Å². The van der Waals surface area contributed by atoms with Gasteiger partial charge in [-0.05, 0) is 39.0 Å². The molecule has 1 aromatic heterocycles. The van der Waals surface area contributed by atoms with Crippen molar-refractivity contribution in [2.24, 2.45) is 0 Å². The number of hydrogen-bond acceptors (Lipinski definition) is 1. The second-order valence-corrected chi connectivity index (χ2v) is 5.85. The number of halogens is 3. The van der Waals surface area contributed by atoms with Crippen molar-refractivity contribution < 1.29 is 4.39 Å². The number of benzene rings is 1. The van der Waals surface area contributed by atoms with Gasteiger partial charge in [0, 0.05) is 11.6 Å². The molecule has 0 bridgehead atoms. The summed E-state index contributed by atoms with van der Waals surface area (Å²) in [5.41, 5.74) is 0.871. The quantitative estimate of drug-likeness (QED) is 0.740. The molecule has 0 amide bonds. The minimum Gasteiger partial charge on any atom is -0.248 e. The summed E-state index contributed by atoms with van der Waals surface area (Å²) in [4.78, 5) is 0. The molecule has 2 rings (SSSR count). The van der Waals surface area contributed by atoms with Crippen LogP contribution in [0.5, 0.6) is 0 Å². The van der Waals surface area contributed by atoms with Crippen molar-refractivity contribution in [3.63, 3.8) is 0 Å². The van der Waals surface area contributed by atoms with Gasteiger partial charge >= 0.3 is 0 Å². The highest BCUT2D eigenvalue weighted by atomic mass is 35.5. The molecule has 0 N–H and O–H groups in total. The van der Waals surface area contributed by atoms with Gasteiger partial charge in [-0.25, -0.2) is 9.07 Å². The zero-order chi connectivity index (χ0) is 13.5. The van der Waals surface area contributed by atoms with Crippen molar-refractivity contribution in [1.29, 1.82) is 0 Å². The predicted molar refractivity (Wildman–Crippen MR) is 72.6 cm³/mol. The SMILES string of the molecule is CC(C)(C)n1nc(-c2cc(F)ccc2Cl)cc1Cl. The Hall–Kier alpha value is -1.06. The molecule has 0 atom stereocenters. The summed E-state index contributed by atoms with van der Waals surface area (Å²) in [5, 5.41) is 5.34. The smallest absolute Gasteiger partial charge is 0.128 e. The van der Waals surface area contributed by atoms with Crippen molar-refractivity contribution in [3.8, 4) is 11.3 Å². The Morgan fingerprint density at radius 1 is 1.17 bits per heavy atom. The van der Waals surface area contributed by atoms with Gasteiger partial charge in [0.15, 0.2) is 0 Å². The van der Waals surface area contributed by atoms with E-state index in [2.05, 4.69) is 5.10 Å². The van der Waals surface area contributed by atoms with Crippen LogP contribution >= 0.6 is 23.2 Å². The van der Waals surface area contributed by atoms with E-state index >= 15 is 0 Å². The highest BCUT2D eigenvalue weighted by Crippen LogP contribution is 2.31. The van der Waals surface area contributed by atoms with Gasteiger partial charge in [-0.15, -0.1) is 0 Å². The molecule has 5 heteroatoms. The molecule has 1 heterocycles. The maximum atomic E-state index is 13.2. The zero-order valence-corrected chi connectivity index (χ0v) is 11.8. The van der Waals surface area contributed by atoms with Crippen LogP contribution < -0.4 is 0 Å². The number of hydrogen-bond donors (Lipinski definition) is 0. The van der Waals surface area contributed by atoms with Crippen LogP contribution in [0.15, 0.2) is 24.3 Å². The summed E-state index contributed by atoms with van der Waals surface area (Å²) in [7, 11) is 0. The van der Waals surface area contributed by atoms with Crippen molar-refractivity contribution in [2.45, 2.75) is 26.3 Å². The van der Waals surface area contributed by atoms with Gasteiger partial charge in [0.2, 0.25) is 0 Å². The third kappa shape index (κ3) is 2.52. The van der Waals surface area contributed by atoms with E-state index in [0.717, 1.165) is 0 Å². The molecule has 0 aliphatic heterocycles. The molecule has 0 unspecified atom stereocenters. The zero-order valence-electron chi connectivity index (χ0n) is 10.3. The van der Waals surface area contributed by atoms with E-state index in [-0.39, 0.29) is 11.4 Å². The Balaban J connectivity index is 2.56. The van der Waals surface area contributed by atoms with Crippen LogP contribution in [0.4, 0.5) is 4.39 Å². The van der Waals surface area contributed by atoms with Crippen molar-refractivity contribution >= 4 is 23.2 Å². The van der Waals surface area contributed by atoms with Gasteiger partial charge in [0.05, 0.1) is 16.3 Å². The molecule has 96 valence electrons. The largest absolute Gasteiger partial charge is 0.248 e. The van der Waals surface area contributed by atoms with Crippen molar-refractivity contribution in [3.05, 3.63) is 40.3 Å². The first kappa shape index (κ1) is 13.4. The lowest BCUT2D eigenvalue weighted by Crippen LogP contribution is -2.23. The molecule has 0 fully saturated rings. The Labute approximate surface area is 115 Å². The summed E-state index contributed by atoms with van der Waals surface area (Å²) in [6.45, 7) is 5.97. The highest BCUT2D eigenvalue weighted by molar-refractivity contribution is 6.33. The lowest BCUT2D eigenvalue weighted by Gasteiger charge is -2.20. The number of rotatable bonds is 1. The molecule has 1 aromatic carbocycles. The number of aromatic nitrogens is 2. The summed E-state index contributed by atoms with van der Waals surface area (Å²) in [5.74, 6) is -0.351. The molecular weight excluding hydrogens is 274 g/mol. The normalized spacial score (nSPS) is 11.9. The predicted octanol–water partition coefficient (Wildman–Crippen LogP) is 4.75. The van der Waals surface area contributed by atoms with Gasteiger partial charge < -0.3 is 0 Å². The molecule has 2 aromatic rings. The molecule has 18 heavy (non-hydrogen) atoms. The Morgan fingerprint density at radius 2 is 1.83 bits per heavy atom. The van der Waals surface area contributed by atoms with E-state index < -0.39 is 0 Å². The monoisotopic (exact) mass is 286 g/mol. The van der Waals surface area contributed by atoms with Gasteiger partial charge in [-0.2, -0.15) is 5.10 Å². The summed E-state index contributed by atoms with van der Waals surface area (Å²) >= 11 is 12.2. The van der Waals surface area contributed by atoms with Crippen molar-refractivity contribution in [2.75, 3.05) is 0 Å². The summed E-state index contributed by atoms with van der Waals surface area (Å²) < 4.78 is 14.9. The standard InChI is InChI=1S/C13H13Cl2FN2/c1-13(2,3)18-12(15)7-11(17-18)9-6-8(16)4-5-10(9)14/h4-7H,1-3H3. The first-order valence-electron chi connectivity index (χ1n) is 5.50. The summed E-state index contributed by atoms with van der Waals surface area (Å²) in [6, 6.07) is 5.87. The molecule has 0 radical (unpaired) electrons. The third-order valence-electron chi connectivity index (χ3n) is 2.51. The first-order chi connectivity index (χ1) is 8.29. The second kappa shape index (κ2) is 4.56. The lowest BCUT2D eigenvalue weighted by molar-refractivity contribution is 0.357. The van der Waals surface area contributed by atoms with Gasteiger partial charge in [-0.3, -0.25) is 0 Å². The molecule has 0 saturated heterocycles. The molecule has 2 nitrogen and oxygen atoms in total. The summed E-state index contributed by atoms with van der Waals surface area (Å²) in [6.07, 6.45) is 0. The topological polar surface area (TPSA) is 17.8 Å². The number of nitrogens with zero attached hydrogens (tertiary/aromatic N) is 2. The van der Waals surface area contributed by atoms with Crippen LogP contribution in [0.3, 0.4) is 0 Å². The second-order valence-electron chi connectivity index (χ2n) is 5.06. The minimum absolute atomic E-state index is 0.241. The fraction of sp³-hybridized carbons (Fsp3) is 0.308. The van der Waals surface area contributed by atoms with E-state index in [0.29, 0.717) is 21.4 Å². The minimum atomic E-state index is -0.351. The third-order valence-corrected chi connectivity index (χ3v) is 3.10. The van der Waals surface area contributed by atoms with E-state index in [9.17, 15) is 4.39 Å². The average molecular weight is 287 g/mol. The fourth-order valence-electron chi connectivity index (χ4n) is 1.65. The molecule has 0 aliphatic carbocycles. The Bertz CT molecular complexity index is 585. The average Bonchev–Trinajstić information content (AvgIpc) is 2.63. The van der Waals surface area contributed by atoms with Crippen molar-refractivity contribution in [1.82, 2.24) is 9.78 Å². The molecular formula is C13H13Cl2FN2. The maximum absolute atomic E-state index is 13.2. The van der Waals surface area contributed by atoms with E-state index in [4.69, 9.17) is 23.2 Å². The van der Waals surface area contributed by atoms with Gasteiger partial charge in [-0.1, -0.05) is 23.2 Å². The van der Waals surface area contributed by atoms with E-state index in [1.807, 2.05) is 20.8 Å². The first-order valence-corrected chi connectivity index (χ1v) is 6.26. The highest BCUT2D eigenvalue weighted by Gasteiger charge is 2.20. The van der Waals surface area contributed by atoms with Crippen LogP contribution in [0.2, 0.25) is 10.2 Å². The Kier molecular flexibility index (Phi) is 3.39. The Morgan fingerprint density at radius 3 is 2.39 bits per heavy atom. The fourth-order valence-corrected chi connectivity index (χ4v) is 2.26. The molecule has 0 spiro atoms. The van der Waals surface area contributed by atoms with Crippen LogP contribution in [0, 0.1) is 5.82 Å². The maximum Gasteiger partial charge on any atom is 0.128 e. The van der Waals surface area contributed by atoms with Gasteiger partial charge in [0.25, 0.3) is 0 Å². The molecule has 0 aliphatic rings. The van der Waals surface area contributed by atoms with Crippen LogP contribution in [-0.2, 0) is 5.54 Å².